The van der Waals surface area contributed by atoms with Crippen molar-refractivity contribution in [3.05, 3.63) is 34.4 Å². The number of rotatable bonds is 6. The average Bonchev–Trinajstić information content (AvgIpc) is 2.53. The summed E-state index contributed by atoms with van der Waals surface area (Å²) in [6.45, 7) is 2.60. The number of amides is 1. The lowest BCUT2D eigenvalue weighted by molar-refractivity contribution is -0.384. The molecular weight excluding hydrogens is 338 g/mol. The highest BCUT2D eigenvalue weighted by Gasteiger charge is 2.23. The fourth-order valence-corrected chi connectivity index (χ4v) is 3.45. The standard InChI is InChI=1S/C15H21N3O3S.ClH/c1-16-9-12-3-2-8-17(10-12)15(19)11-22-14-6-4-13(5-7-14)18(20)21;/h4-7,12,16H,2-3,8-11H2,1H3;1H. The van der Waals surface area contributed by atoms with E-state index in [9.17, 15) is 14.9 Å². The molecule has 1 aliphatic heterocycles. The van der Waals surface area contributed by atoms with Crippen LogP contribution in [0.3, 0.4) is 0 Å². The number of nitro groups is 1. The summed E-state index contributed by atoms with van der Waals surface area (Å²) in [5, 5.41) is 13.8. The van der Waals surface area contributed by atoms with E-state index in [-0.39, 0.29) is 24.0 Å². The molecule has 23 heavy (non-hydrogen) atoms. The van der Waals surface area contributed by atoms with Gasteiger partial charge >= 0.3 is 0 Å². The van der Waals surface area contributed by atoms with Gasteiger partial charge in [-0.3, -0.25) is 14.9 Å². The zero-order valence-corrected chi connectivity index (χ0v) is 14.7. The number of nitro benzene ring substituents is 1. The fourth-order valence-electron chi connectivity index (χ4n) is 2.65. The van der Waals surface area contributed by atoms with Crippen molar-refractivity contribution in [2.24, 2.45) is 5.92 Å². The van der Waals surface area contributed by atoms with E-state index >= 15 is 0 Å². The van der Waals surface area contributed by atoms with Crippen LogP contribution in [0.5, 0.6) is 0 Å². The third kappa shape index (κ3) is 6.01. The number of halogens is 1. The van der Waals surface area contributed by atoms with Crippen LogP contribution >= 0.6 is 24.2 Å². The zero-order valence-electron chi connectivity index (χ0n) is 13.1. The fraction of sp³-hybridized carbons (Fsp3) is 0.533. The Labute approximate surface area is 146 Å². The van der Waals surface area contributed by atoms with Crippen LogP contribution in [-0.4, -0.2) is 48.2 Å². The van der Waals surface area contributed by atoms with E-state index in [2.05, 4.69) is 5.32 Å². The first-order valence-corrected chi connectivity index (χ1v) is 8.38. The molecule has 2 rings (SSSR count). The minimum Gasteiger partial charge on any atom is -0.342 e. The Balaban J connectivity index is 0.00000264. The molecule has 0 saturated carbocycles. The predicted molar refractivity (Wildman–Crippen MR) is 94.3 cm³/mol. The predicted octanol–water partition coefficient (Wildman–Crippen LogP) is 2.57. The maximum Gasteiger partial charge on any atom is 0.269 e. The van der Waals surface area contributed by atoms with Crippen LogP contribution in [0.2, 0.25) is 0 Å². The summed E-state index contributed by atoms with van der Waals surface area (Å²) in [6, 6.07) is 6.32. The van der Waals surface area contributed by atoms with Gasteiger partial charge in [-0.1, -0.05) is 0 Å². The maximum atomic E-state index is 12.3. The smallest absolute Gasteiger partial charge is 0.269 e. The Morgan fingerprint density at radius 3 is 2.74 bits per heavy atom. The minimum absolute atomic E-state index is 0. The quantitative estimate of drug-likeness (QED) is 0.480. The number of carbonyl (C=O) groups is 1. The molecular formula is C15H22ClN3O3S. The molecule has 0 bridgehead atoms. The van der Waals surface area contributed by atoms with Crippen molar-refractivity contribution in [3.8, 4) is 0 Å². The monoisotopic (exact) mass is 359 g/mol. The van der Waals surface area contributed by atoms with E-state index in [4.69, 9.17) is 0 Å². The molecule has 0 aromatic heterocycles. The second-order valence-electron chi connectivity index (χ2n) is 5.45. The summed E-state index contributed by atoms with van der Waals surface area (Å²) in [6.07, 6.45) is 2.22. The van der Waals surface area contributed by atoms with Gasteiger partial charge in [-0.25, -0.2) is 0 Å². The molecule has 1 fully saturated rings. The highest BCUT2D eigenvalue weighted by Crippen LogP contribution is 2.23. The summed E-state index contributed by atoms with van der Waals surface area (Å²) in [4.78, 5) is 25.3. The molecule has 1 aromatic rings. The van der Waals surface area contributed by atoms with Crippen molar-refractivity contribution >= 4 is 35.8 Å². The molecule has 1 atom stereocenters. The largest absolute Gasteiger partial charge is 0.342 e. The van der Waals surface area contributed by atoms with Crippen LogP contribution < -0.4 is 5.32 Å². The number of nitrogens with one attached hydrogen (secondary N) is 1. The van der Waals surface area contributed by atoms with Crippen LogP contribution in [0.1, 0.15) is 12.8 Å². The first-order chi connectivity index (χ1) is 10.6. The number of nitrogens with zero attached hydrogens (tertiary/aromatic N) is 2. The van der Waals surface area contributed by atoms with Crippen LogP contribution in [0.25, 0.3) is 0 Å². The second-order valence-corrected chi connectivity index (χ2v) is 6.49. The third-order valence-corrected chi connectivity index (χ3v) is 4.77. The first kappa shape index (κ1) is 19.7. The number of hydrogen-bond donors (Lipinski definition) is 1. The molecule has 1 aromatic carbocycles. The van der Waals surface area contributed by atoms with Crippen molar-refractivity contribution in [1.29, 1.82) is 0 Å². The lowest BCUT2D eigenvalue weighted by atomic mass is 9.98. The maximum absolute atomic E-state index is 12.3. The van der Waals surface area contributed by atoms with Crippen LogP contribution in [0.4, 0.5) is 5.69 Å². The van der Waals surface area contributed by atoms with Crippen molar-refractivity contribution < 1.29 is 9.72 Å². The Morgan fingerprint density at radius 1 is 1.43 bits per heavy atom. The first-order valence-electron chi connectivity index (χ1n) is 7.39. The SMILES string of the molecule is CNCC1CCCN(C(=O)CSc2ccc([N+](=O)[O-])cc2)C1.Cl. The number of thioether (sulfide) groups is 1. The Hall–Kier alpha value is -1.31. The van der Waals surface area contributed by atoms with Crippen molar-refractivity contribution in [2.45, 2.75) is 17.7 Å². The summed E-state index contributed by atoms with van der Waals surface area (Å²) < 4.78 is 0. The highest BCUT2D eigenvalue weighted by atomic mass is 35.5. The molecule has 1 N–H and O–H groups in total. The van der Waals surface area contributed by atoms with E-state index in [0.29, 0.717) is 11.7 Å². The zero-order chi connectivity index (χ0) is 15.9. The van der Waals surface area contributed by atoms with Gasteiger partial charge in [0.1, 0.15) is 0 Å². The number of carbonyl (C=O) groups excluding carboxylic acids is 1. The Morgan fingerprint density at radius 2 is 2.13 bits per heavy atom. The van der Waals surface area contributed by atoms with E-state index in [1.54, 1.807) is 12.1 Å². The Kier molecular flexibility index (Phi) is 8.36. The van der Waals surface area contributed by atoms with Gasteiger partial charge in [0.05, 0.1) is 10.7 Å². The van der Waals surface area contributed by atoms with Crippen LogP contribution in [-0.2, 0) is 4.79 Å². The summed E-state index contributed by atoms with van der Waals surface area (Å²) >= 11 is 1.43. The highest BCUT2D eigenvalue weighted by molar-refractivity contribution is 8.00. The van der Waals surface area contributed by atoms with E-state index in [1.807, 2.05) is 11.9 Å². The normalized spacial score (nSPS) is 17.4. The van der Waals surface area contributed by atoms with Gasteiger partial charge in [0, 0.05) is 30.1 Å². The Bertz CT molecular complexity index is 525. The van der Waals surface area contributed by atoms with Crippen LogP contribution in [0, 0.1) is 16.0 Å². The summed E-state index contributed by atoms with van der Waals surface area (Å²) in [5.41, 5.74) is 0.0709. The van der Waals surface area contributed by atoms with Crippen molar-refractivity contribution in [2.75, 3.05) is 32.4 Å². The molecule has 0 spiro atoms. The number of non-ortho nitro benzene ring substituents is 1. The van der Waals surface area contributed by atoms with E-state index < -0.39 is 4.92 Å². The second kappa shape index (κ2) is 9.75. The van der Waals surface area contributed by atoms with E-state index in [0.717, 1.165) is 31.0 Å². The van der Waals surface area contributed by atoms with Gasteiger partial charge < -0.3 is 10.2 Å². The van der Waals surface area contributed by atoms with Crippen molar-refractivity contribution in [3.63, 3.8) is 0 Å². The average molecular weight is 360 g/mol. The van der Waals surface area contributed by atoms with Gasteiger partial charge in [0.25, 0.3) is 5.69 Å². The van der Waals surface area contributed by atoms with Crippen LogP contribution in [0.15, 0.2) is 29.2 Å². The molecule has 1 heterocycles. The van der Waals surface area contributed by atoms with Crippen molar-refractivity contribution in [1.82, 2.24) is 10.2 Å². The molecule has 128 valence electrons. The molecule has 1 aliphatic rings. The molecule has 1 amide bonds. The van der Waals surface area contributed by atoms with Gasteiger partial charge in [-0.15, -0.1) is 24.2 Å². The summed E-state index contributed by atoms with van der Waals surface area (Å²) in [7, 11) is 1.94. The molecule has 1 unspecified atom stereocenters. The van der Waals surface area contributed by atoms with Gasteiger partial charge in [0.15, 0.2) is 0 Å². The number of piperidine rings is 1. The van der Waals surface area contributed by atoms with Gasteiger partial charge in [-0.2, -0.15) is 0 Å². The lowest BCUT2D eigenvalue weighted by Crippen LogP contribution is -2.43. The topological polar surface area (TPSA) is 75.5 Å². The van der Waals surface area contributed by atoms with Gasteiger partial charge in [0.2, 0.25) is 5.91 Å². The third-order valence-electron chi connectivity index (χ3n) is 3.77. The van der Waals surface area contributed by atoms with E-state index in [1.165, 1.54) is 30.3 Å². The molecule has 8 heteroatoms. The molecule has 1 saturated heterocycles. The molecule has 6 nitrogen and oxygen atoms in total. The molecule has 0 radical (unpaired) electrons. The molecule has 0 aliphatic carbocycles. The number of benzene rings is 1. The lowest BCUT2D eigenvalue weighted by Gasteiger charge is -2.32. The number of likely N-dealkylation sites (tertiary alicyclic amines) is 1. The number of hydrogen-bond acceptors (Lipinski definition) is 5. The summed E-state index contributed by atoms with van der Waals surface area (Å²) in [5.74, 6) is 1.06. The minimum atomic E-state index is -0.421. The van der Waals surface area contributed by atoms with Gasteiger partial charge in [-0.05, 0) is 44.5 Å².